The summed E-state index contributed by atoms with van der Waals surface area (Å²) >= 11 is 1.39. The molecule has 0 unspecified atom stereocenters. The van der Waals surface area contributed by atoms with Crippen LogP contribution in [0.4, 0.5) is 5.69 Å². The van der Waals surface area contributed by atoms with Gasteiger partial charge in [-0.15, -0.1) is 16.4 Å². The second-order valence-electron chi connectivity index (χ2n) is 9.99. The Balaban J connectivity index is 1.55. The molecule has 5 rings (SSSR count). The second kappa shape index (κ2) is 12.5. The number of nitrogens with zero attached hydrogens (tertiary/aromatic N) is 5. The van der Waals surface area contributed by atoms with E-state index < -0.39 is 16.1 Å². The maximum Gasteiger partial charge on any atom is 0.249 e. The average Bonchev–Trinajstić information content (AvgIpc) is 3.76. The van der Waals surface area contributed by atoms with Gasteiger partial charge in [0.1, 0.15) is 18.1 Å². The molecule has 2 heterocycles. The van der Waals surface area contributed by atoms with Gasteiger partial charge in [-0.1, -0.05) is 50.1 Å². The van der Waals surface area contributed by atoms with Gasteiger partial charge in [0.2, 0.25) is 21.8 Å². The smallest absolute Gasteiger partial charge is 0.249 e. The number of fused-ring (bicyclic) bond motifs is 1. The fourth-order valence-corrected chi connectivity index (χ4v) is 7.61. The van der Waals surface area contributed by atoms with Crippen molar-refractivity contribution in [3.8, 4) is 0 Å². The number of carbonyl (C=O) groups excluding carboxylic acids is 2. The molecule has 0 spiro atoms. The number of para-hydroxylation sites is 1. The van der Waals surface area contributed by atoms with Gasteiger partial charge >= 0.3 is 0 Å². The highest BCUT2D eigenvalue weighted by atomic mass is 32.2. The minimum Gasteiger partial charge on any atom is -0.351 e. The van der Waals surface area contributed by atoms with Crippen LogP contribution in [0, 0.1) is 0 Å². The Labute approximate surface area is 244 Å². The van der Waals surface area contributed by atoms with Crippen LogP contribution >= 0.6 is 11.3 Å². The molecule has 41 heavy (non-hydrogen) atoms. The molecule has 10 nitrogen and oxygen atoms in total. The summed E-state index contributed by atoms with van der Waals surface area (Å²) in [6.07, 6.45) is 3.91. The van der Waals surface area contributed by atoms with Gasteiger partial charge < -0.3 is 5.32 Å². The molecule has 2 amide bonds. The fourth-order valence-electron chi connectivity index (χ4n) is 5.34. The standard InChI is InChI=1S/C29H34N6O4S2/c1-3-33(4-2)41(38,39)23-17-15-22(16-18-23)35(27(36)20-34-25-13-8-7-12-24(25)31-32-34)28(26-14-9-19-40-26)29(37)30-21-10-5-6-11-21/h7-9,12-19,21,28H,3-6,10-11,20H2,1-2H3,(H,30,37)/t28-/m1/s1. The van der Waals surface area contributed by atoms with Crippen LogP contribution in [0.1, 0.15) is 50.4 Å². The van der Waals surface area contributed by atoms with Crippen molar-refractivity contribution in [3.63, 3.8) is 0 Å². The summed E-state index contributed by atoms with van der Waals surface area (Å²) < 4.78 is 29.2. The van der Waals surface area contributed by atoms with Gasteiger partial charge in [0.25, 0.3) is 0 Å². The summed E-state index contributed by atoms with van der Waals surface area (Å²) in [5, 5.41) is 13.4. The van der Waals surface area contributed by atoms with E-state index >= 15 is 0 Å². The number of aromatic nitrogens is 3. The van der Waals surface area contributed by atoms with E-state index in [1.165, 1.54) is 37.4 Å². The Bertz CT molecular complexity index is 1590. The number of carbonyl (C=O) groups is 2. The maximum atomic E-state index is 14.2. The molecular weight excluding hydrogens is 560 g/mol. The average molecular weight is 595 g/mol. The number of anilines is 1. The van der Waals surface area contributed by atoms with E-state index in [4.69, 9.17) is 0 Å². The molecule has 0 bridgehead atoms. The molecular formula is C29H34N6O4S2. The second-order valence-corrected chi connectivity index (χ2v) is 12.9. The van der Waals surface area contributed by atoms with E-state index in [1.807, 2.05) is 41.8 Å². The first kappa shape index (κ1) is 28.9. The molecule has 1 atom stereocenters. The third-order valence-electron chi connectivity index (χ3n) is 7.45. The largest absolute Gasteiger partial charge is 0.351 e. The van der Waals surface area contributed by atoms with E-state index in [0.29, 0.717) is 34.7 Å². The van der Waals surface area contributed by atoms with E-state index in [1.54, 1.807) is 26.0 Å². The van der Waals surface area contributed by atoms with E-state index in [-0.39, 0.29) is 29.3 Å². The van der Waals surface area contributed by atoms with Crippen LogP contribution < -0.4 is 10.2 Å². The van der Waals surface area contributed by atoms with Crippen molar-refractivity contribution in [2.45, 2.75) is 63.1 Å². The van der Waals surface area contributed by atoms with Crippen molar-refractivity contribution in [1.82, 2.24) is 24.6 Å². The fraction of sp³-hybridized carbons (Fsp3) is 0.379. The molecule has 1 fully saturated rings. The molecule has 4 aromatic rings. The Morgan fingerprint density at radius 2 is 1.73 bits per heavy atom. The lowest BCUT2D eigenvalue weighted by Crippen LogP contribution is -2.47. The highest BCUT2D eigenvalue weighted by Gasteiger charge is 2.35. The zero-order valence-electron chi connectivity index (χ0n) is 23.1. The van der Waals surface area contributed by atoms with Crippen molar-refractivity contribution in [3.05, 3.63) is 70.9 Å². The van der Waals surface area contributed by atoms with Crippen LogP contribution in [0.3, 0.4) is 0 Å². The molecule has 216 valence electrons. The third kappa shape index (κ3) is 6.04. The van der Waals surface area contributed by atoms with E-state index in [9.17, 15) is 18.0 Å². The highest BCUT2D eigenvalue weighted by molar-refractivity contribution is 7.89. The molecule has 0 radical (unpaired) electrons. The van der Waals surface area contributed by atoms with Crippen LogP contribution in [-0.4, -0.2) is 58.7 Å². The molecule has 2 aromatic carbocycles. The molecule has 1 aliphatic rings. The molecule has 12 heteroatoms. The molecule has 1 saturated carbocycles. The summed E-state index contributed by atoms with van der Waals surface area (Å²) in [5.41, 5.74) is 1.77. The number of sulfonamides is 1. The number of amides is 2. The van der Waals surface area contributed by atoms with E-state index in [0.717, 1.165) is 25.7 Å². The topological polar surface area (TPSA) is 118 Å². The van der Waals surface area contributed by atoms with Crippen molar-refractivity contribution in [2.75, 3.05) is 18.0 Å². The molecule has 0 saturated heterocycles. The molecule has 1 aliphatic carbocycles. The Morgan fingerprint density at radius 1 is 1.02 bits per heavy atom. The Kier molecular flexibility index (Phi) is 8.81. The number of hydrogen-bond acceptors (Lipinski definition) is 7. The van der Waals surface area contributed by atoms with Gasteiger partial charge in [-0.3, -0.25) is 14.5 Å². The zero-order valence-corrected chi connectivity index (χ0v) is 24.8. The summed E-state index contributed by atoms with van der Waals surface area (Å²) in [6, 6.07) is 16.3. The lowest BCUT2D eigenvalue weighted by atomic mass is 10.1. The first-order valence-electron chi connectivity index (χ1n) is 13.9. The summed E-state index contributed by atoms with van der Waals surface area (Å²) in [5.74, 6) is -0.643. The SMILES string of the molecule is CCN(CC)S(=O)(=O)c1ccc(N(C(=O)Cn2nnc3ccccc32)[C@@H](C(=O)NC2CCCC2)c2cccs2)cc1. The first-order chi connectivity index (χ1) is 19.8. The van der Waals surface area contributed by atoms with Crippen LogP contribution in [0.5, 0.6) is 0 Å². The first-order valence-corrected chi connectivity index (χ1v) is 16.2. The minimum absolute atomic E-state index is 0.0581. The van der Waals surface area contributed by atoms with Crippen molar-refractivity contribution >= 4 is 49.9 Å². The van der Waals surface area contributed by atoms with Crippen LogP contribution in [0.25, 0.3) is 11.0 Å². The number of rotatable bonds is 11. The minimum atomic E-state index is -3.69. The van der Waals surface area contributed by atoms with Gasteiger partial charge in [-0.2, -0.15) is 4.31 Å². The summed E-state index contributed by atoms with van der Waals surface area (Å²) in [6.45, 7) is 4.12. The number of nitrogens with one attached hydrogen (secondary N) is 1. The number of hydrogen-bond donors (Lipinski definition) is 1. The normalized spacial score (nSPS) is 14.9. The lowest BCUT2D eigenvalue weighted by molar-refractivity contribution is -0.127. The Morgan fingerprint density at radius 3 is 2.39 bits per heavy atom. The van der Waals surface area contributed by atoms with Gasteiger partial charge in [0.15, 0.2) is 0 Å². The van der Waals surface area contributed by atoms with Crippen molar-refractivity contribution < 1.29 is 18.0 Å². The number of benzene rings is 2. The molecule has 1 N–H and O–H groups in total. The van der Waals surface area contributed by atoms with Gasteiger partial charge in [-0.05, 0) is 60.7 Å². The molecule has 0 aliphatic heterocycles. The van der Waals surface area contributed by atoms with Crippen LogP contribution in [0.2, 0.25) is 0 Å². The zero-order chi connectivity index (χ0) is 29.0. The third-order valence-corrected chi connectivity index (χ3v) is 10.4. The number of thiophene rings is 1. The van der Waals surface area contributed by atoms with Gasteiger partial charge in [-0.25, -0.2) is 13.1 Å². The summed E-state index contributed by atoms with van der Waals surface area (Å²) in [4.78, 5) is 30.3. The van der Waals surface area contributed by atoms with Crippen molar-refractivity contribution in [1.29, 1.82) is 0 Å². The van der Waals surface area contributed by atoms with Gasteiger partial charge in [0, 0.05) is 29.7 Å². The predicted molar refractivity (Wildman–Crippen MR) is 159 cm³/mol. The van der Waals surface area contributed by atoms with E-state index in [2.05, 4.69) is 15.6 Å². The van der Waals surface area contributed by atoms with Gasteiger partial charge in [0.05, 0.1) is 10.4 Å². The van der Waals surface area contributed by atoms with Crippen LogP contribution in [0.15, 0.2) is 70.9 Å². The lowest BCUT2D eigenvalue weighted by Gasteiger charge is -2.31. The maximum absolute atomic E-state index is 14.2. The Hall–Kier alpha value is -3.61. The molecule has 2 aromatic heterocycles. The summed E-state index contributed by atoms with van der Waals surface area (Å²) in [7, 11) is -3.69. The van der Waals surface area contributed by atoms with Crippen LogP contribution in [-0.2, 0) is 26.2 Å². The quantitative estimate of drug-likeness (QED) is 0.276. The van der Waals surface area contributed by atoms with Crippen molar-refractivity contribution in [2.24, 2.45) is 0 Å². The monoisotopic (exact) mass is 594 g/mol. The highest BCUT2D eigenvalue weighted by Crippen LogP contribution is 2.33. The predicted octanol–water partition coefficient (Wildman–Crippen LogP) is 4.36.